The fraction of sp³-hybridized carbons (Fsp3) is 0.480. The van der Waals surface area contributed by atoms with Crippen molar-refractivity contribution in [3.63, 3.8) is 0 Å². The molecule has 2 aliphatic carbocycles. The van der Waals surface area contributed by atoms with Crippen LogP contribution >= 0.6 is 11.6 Å². The van der Waals surface area contributed by atoms with E-state index in [1.807, 2.05) is 0 Å². The normalized spacial score (nSPS) is 25.6. The molecule has 0 aromatic heterocycles. The van der Waals surface area contributed by atoms with Gasteiger partial charge in [-0.3, -0.25) is 9.59 Å². The molecule has 1 aromatic carbocycles. The molecule has 4 rings (SSSR count). The van der Waals surface area contributed by atoms with E-state index in [2.05, 4.69) is 5.32 Å². The summed E-state index contributed by atoms with van der Waals surface area (Å²) in [7, 11) is 1.23. The second kappa shape index (κ2) is 9.29. The minimum Gasteiger partial charge on any atom is -0.468 e. The SMILES string of the molecule is COC(=O)[C@@H]1C(=O)C2=C(C[C@@H]1C)NC(C)=C(C(=O)OC1CCCC1)[C@H]2c1c(F)cccc1Cl. The van der Waals surface area contributed by atoms with E-state index in [4.69, 9.17) is 21.1 Å². The Balaban J connectivity index is 1.86. The van der Waals surface area contributed by atoms with Crippen LogP contribution in [0.2, 0.25) is 5.02 Å². The summed E-state index contributed by atoms with van der Waals surface area (Å²) in [5.41, 5.74) is 1.38. The van der Waals surface area contributed by atoms with Crippen LogP contribution in [0.3, 0.4) is 0 Å². The first-order chi connectivity index (χ1) is 15.7. The first-order valence-electron chi connectivity index (χ1n) is 11.2. The molecular formula is C25H27ClFNO5. The molecule has 1 N–H and O–H groups in total. The number of halogens is 2. The molecule has 1 aromatic rings. The molecule has 0 bridgehead atoms. The number of carbonyl (C=O) groups excluding carboxylic acids is 3. The molecule has 0 radical (unpaired) electrons. The second-order valence-corrected chi connectivity index (χ2v) is 9.39. The molecule has 0 unspecified atom stereocenters. The number of hydrogen-bond donors (Lipinski definition) is 1. The molecule has 1 saturated carbocycles. The van der Waals surface area contributed by atoms with Crippen LogP contribution in [0, 0.1) is 17.7 Å². The summed E-state index contributed by atoms with van der Waals surface area (Å²) < 4.78 is 25.8. The Bertz CT molecular complexity index is 1050. The third-order valence-electron chi connectivity index (χ3n) is 6.83. The van der Waals surface area contributed by atoms with Crippen molar-refractivity contribution in [1.29, 1.82) is 0 Å². The number of methoxy groups -OCH3 is 1. The number of benzene rings is 1. The number of ether oxygens (including phenoxy) is 2. The summed E-state index contributed by atoms with van der Waals surface area (Å²) in [5.74, 6) is -4.85. The molecular weight excluding hydrogens is 449 g/mol. The van der Waals surface area contributed by atoms with E-state index in [0.717, 1.165) is 25.7 Å². The zero-order valence-corrected chi connectivity index (χ0v) is 19.6. The van der Waals surface area contributed by atoms with E-state index in [1.165, 1.54) is 25.3 Å². The van der Waals surface area contributed by atoms with Gasteiger partial charge in [-0.2, -0.15) is 0 Å². The lowest BCUT2D eigenvalue weighted by atomic mass is 9.69. The maximum absolute atomic E-state index is 15.2. The van der Waals surface area contributed by atoms with Crippen LogP contribution in [-0.2, 0) is 23.9 Å². The van der Waals surface area contributed by atoms with Gasteiger partial charge in [0, 0.05) is 27.6 Å². The first kappa shape index (κ1) is 23.5. The average molecular weight is 476 g/mol. The number of Topliss-reactive ketones (excluding diaryl/α,β-unsaturated/α-hetero) is 1. The number of ketones is 1. The van der Waals surface area contributed by atoms with E-state index < -0.39 is 35.4 Å². The summed E-state index contributed by atoms with van der Waals surface area (Å²) in [4.78, 5) is 39.5. The molecule has 1 fully saturated rings. The molecule has 1 aliphatic heterocycles. The fourth-order valence-corrected chi connectivity index (χ4v) is 5.52. The number of rotatable bonds is 4. The van der Waals surface area contributed by atoms with Gasteiger partial charge in [0.05, 0.1) is 18.6 Å². The highest BCUT2D eigenvalue weighted by Crippen LogP contribution is 2.47. The quantitative estimate of drug-likeness (QED) is 0.507. The number of esters is 2. The lowest BCUT2D eigenvalue weighted by Crippen LogP contribution is -2.43. The number of carbonyl (C=O) groups is 3. The van der Waals surface area contributed by atoms with E-state index in [0.29, 0.717) is 17.8 Å². The molecule has 0 amide bonds. The average Bonchev–Trinajstić information content (AvgIpc) is 3.25. The van der Waals surface area contributed by atoms with Gasteiger partial charge in [0.1, 0.15) is 17.8 Å². The van der Waals surface area contributed by atoms with Crippen LogP contribution < -0.4 is 5.32 Å². The lowest BCUT2D eigenvalue weighted by molar-refractivity contribution is -0.151. The van der Waals surface area contributed by atoms with E-state index >= 15 is 4.39 Å². The predicted octanol–water partition coefficient (Wildman–Crippen LogP) is 4.58. The van der Waals surface area contributed by atoms with Gasteiger partial charge in [0.2, 0.25) is 0 Å². The van der Waals surface area contributed by atoms with Gasteiger partial charge in [-0.15, -0.1) is 0 Å². The van der Waals surface area contributed by atoms with Crippen LogP contribution in [0.25, 0.3) is 0 Å². The smallest absolute Gasteiger partial charge is 0.337 e. The third kappa shape index (κ3) is 4.19. The Morgan fingerprint density at radius 1 is 1.21 bits per heavy atom. The molecule has 1 heterocycles. The van der Waals surface area contributed by atoms with Gasteiger partial charge in [-0.1, -0.05) is 24.6 Å². The maximum Gasteiger partial charge on any atom is 0.337 e. The molecule has 33 heavy (non-hydrogen) atoms. The highest BCUT2D eigenvalue weighted by atomic mass is 35.5. The molecule has 0 saturated heterocycles. The van der Waals surface area contributed by atoms with Crippen LogP contribution in [-0.4, -0.2) is 30.9 Å². The van der Waals surface area contributed by atoms with E-state index in [1.54, 1.807) is 13.8 Å². The minimum atomic E-state index is -1.09. The third-order valence-corrected chi connectivity index (χ3v) is 7.16. The van der Waals surface area contributed by atoms with Crippen molar-refractivity contribution in [1.82, 2.24) is 5.32 Å². The lowest BCUT2D eigenvalue weighted by Gasteiger charge is -2.38. The van der Waals surface area contributed by atoms with Crippen molar-refractivity contribution in [2.24, 2.45) is 11.8 Å². The summed E-state index contributed by atoms with van der Waals surface area (Å²) in [5, 5.41) is 3.26. The fourth-order valence-electron chi connectivity index (χ4n) is 5.25. The Morgan fingerprint density at radius 2 is 1.91 bits per heavy atom. The van der Waals surface area contributed by atoms with E-state index in [9.17, 15) is 14.4 Å². The first-order valence-corrected chi connectivity index (χ1v) is 11.6. The molecule has 8 heteroatoms. The summed E-state index contributed by atoms with van der Waals surface area (Å²) in [6.07, 6.45) is 3.64. The van der Waals surface area contributed by atoms with Gasteiger partial charge in [0.15, 0.2) is 5.78 Å². The number of nitrogens with one attached hydrogen (secondary N) is 1. The number of allylic oxidation sites excluding steroid dienone is 3. The zero-order valence-electron chi connectivity index (χ0n) is 18.9. The van der Waals surface area contributed by atoms with Crippen molar-refractivity contribution in [2.45, 2.75) is 58.0 Å². The summed E-state index contributed by atoms with van der Waals surface area (Å²) in [6.45, 7) is 3.50. The maximum atomic E-state index is 15.2. The second-order valence-electron chi connectivity index (χ2n) is 8.98. The van der Waals surface area contributed by atoms with Crippen molar-refractivity contribution in [3.8, 4) is 0 Å². The Morgan fingerprint density at radius 3 is 2.55 bits per heavy atom. The predicted molar refractivity (Wildman–Crippen MR) is 120 cm³/mol. The summed E-state index contributed by atoms with van der Waals surface area (Å²) in [6, 6.07) is 4.23. The van der Waals surface area contributed by atoms with Crippen molar-refractivity contribution >= 4 is 29.3 Å². The van der Waals surface area contributed by atoms with Gasteiger partial charge in [-0.05, 0) is 57.1 Å². The molecule has 3 aliphatic rings. The zero-order chi connectivity index (χ0) is 23.9. The van der Waals surface area contributed by atoms with Crippen LogP contribution in [0.4, 0.5) is 4.39 Å². The van der Waals surface area contributed by atoms with Crippen LogP contribution in [0.5, 0.6) is 0 Å². The molecule has 0 spiro atoms. The highest BCUT2D eigenvalue weighted by Gasteiger charge is 2.48. The monoisotopic (exact) mass is 475 g/mol. The number of hydrogen-bond acceptors (Lipinski definition) is 6. The van der Waals surface area contributed by atoms with Crippen LogP contribution in [0.15, 0.2) is 40.7 Å². The van der Waals surface area contributed by atoms with Crippen molar-refractivity contribution in [2.75, 3.05) is 7.11 Å². The van der Waals surface area contributed by atoms with E-state index in [-0.39, 0.29) is 33.8 Å². The van der Waals surface area contributed by atoms with Gasteiger partial charge in [-0.25, -0.2) is 9.18 Å². The Labute approximate surface area is 197 Å². The minimum absolute atomic E-state index is 0.0254. The molecule has 6 nitrogen and oxygen atoms in total. The Hall–Kier alpha value is -2.67. The standard InChI is InChI=1S/C25H27ClFNO5/c1-12-11-17-21(23(29)18(12)24(30)32-3)22(20-15(26)9-6-10-16(20)27)19(13(2)28-17)25(31)33-14-7-4-5-8-14/h6,9-10,12,14,18,22,28H,4-5,7-8,11H2,1-3H3/t12-,18-,22-/m0/s1. The summed E-state index contributed by atoms with van der Waals surface area (Å²) >= 11 is 6.42. The van der Waals surface area contributed by atoms with Crippen molar-refractivity contribution < 1.29 is 28.2 Å². The van der Waals surface area contributed by atoms with Gasteiger partial charge < -0.3 is 14.8 Å². The van der Waals surface area contributed by atoms with Gasteiger partial charge >= 0.3 is 11.9 Å². The van der Waals surface area contributed by atoms with Crippen molar-refractivity contribution in [3.05, 3.63) is 57.1 Å². The molecule has 3 atom stereocenters. The van der Waals surface area contributed by atoms with Gasteiger partial charge in [0.25, 0.3) is 0 Å². The molecule has 176 valence electrons. The largest absolute Gasteiger partial charge is 0.468 e. The number of dihydropyridines is 1. The Kier molecular flexibility index (Phi) is 6.61. The topological polar surface area (TPSA) is 81.7 Å². The highest BCUT2D eigenvalue weighted by molar-refractivity contribution is 6.31. The van der Waals surface area contributed by atoms with Crippen LogP contribution in [0.1, 0.15) is 57.4 Å².